The van der Waals surface area contributed by atoms with E-state index < -0.39 is 5.60 Å². The Balaban J connectivity index is 2.30. The van der Waals surface area contributed by atoms with Crippen molar-refractivity contribution in [3.8, 4) is 5.75 Å². The van der Waals surface area contributed by atoms with Gasteiger partial charge in [-0.05, 0) is 49.2 Å². The summed E-state index contributed by atoms with van der Waals surface area (Å²) in [4.78, 5) is 11.2. The molecular weight excluding hydrogens is 278 g/mol. The van der Waals surface area contributed by atoms with E-state index in [9.17, 15) is 9.90 Å². The summed E-state index contributed by atoms with van der Waals surface area (Å²) < 4.78 is 5.41. The maximum Gasteiger partial charge on any atom is 0.221 e. The van der Waals surface area contributed by atoms with Crippen LogP contribution in [0.2, 0.25) is 0 Å². The number of nitrogens with one attached hydrogen (secondary N) is 1. The molecule has 0 heterocycles. The number of anilines is 1. The Labute approximate surface area is 130 Å². The Bertz CT molecular complexity index is 648. The third-order valence-electron chi connectivity index (χ3n) is 3.47. The van der Waals surface area contributed by atoms with Gasteiger partial charge in [0.2, 0.25) is 5.91 Å². The molecule has 2 N–H and O–H groups in total. The molecule has 22 heavy (non-hydrogen) atoms. The van der Waals surface area contributed by atoms with Gasteiger partial charge in [0.05, 0.1) is 6.61 Å². The smallest absolute Gasteiger partial charge is 0.221 e. The summed E-state index contributed by atoms with van der Waals surface area (Å²) in [6, 6.07) is 14.6. The molecule has 1 atom stereocenters. The van der Waals surface area contributed by atoms with E-state index in [0.717, 1.165) is 11.3 Å². The van der Waals surface area contributed by atoms with Gasteiger partial charge in [0, 0.05) is 12.6 Å². The molecule has 4 nitrogen and oxygen atoms in total. The number of ether oxygens (including phenoxy) is 1. The maximum atomic E-state index is 11.2. The van der Waals surface area contributed by atoms with Crippen molar-refractivity contribution < 1.29 is 14.6 Å². The van der Waals surface area contributed by atoms with Gasteiger partial charge < -0.3 is 15.2 Å². The van der Waals surface area contributed by atoms with Crippen LogP contribution in [0, 0.1) is 0 Å². The molecule has 0 fully saturated rings. The summed E-state index contributed by atoms with van der Waals surface area (Å²) >= 11 is 0. The molecule has 2 rings (SSSR count). The van der Waals surface area contributed by atoms with Gasteiger partial charge in [-0.1, -0.05) is 24.3 Å². The lowest BCUT2D eigenvalue weighted by atomic mass is 9.88. The minimum atomic E-state index is -1.15. The zero-order valence-corrected chi connectivity index (χ0v) is 13.1. The molecule has 4 heteroatoms. The highest BCUT2D eigenvalue weighted by molar-refractivity contribution is 5.88. The summed E-state index contributed by atoms with van der Waals surface area (Å²) in [6.07, 6.45) is 0. The van der Waals surface area contributed by atoms with Crippen LogP contribution in [0.25, 0.3) is 0 Å². The fourth-order valence-corrected chi connectivity index (χ4v) is 2.31. The number of rotatable bonds is 5. The lowest BCUT2D eigenvalue weighted by Crippen LogP contribution is -2.23. The molecule has 116 valence electrons. The van der Waals surface area contributed by atoms with Crippen LogP contribution in [-0.4, -0.2) is 17.6 Å². The summed E-state index contributed by atoms with van der Waals surface area (Å²) in [7, 11) is 0. The van der Waals surface area contributed by atoms with Gasteiger partial charge in [0.1, 0.15) is 11.4 Å². The molecule has 1 unspecified atom stereocenters. The van der Waals surface area contributed by atoms with Crippen molar-refractivity contribution >= 4 is 11.6 Å². The first-order valence-corrected chi connectivity index (χ1v) is 7.27. The van der Waals surface area contributed by atoms with Crippen LogP contribution in [0.3, 0.4) is 0 Å². The summed E-state index contributed by atoms with van der Waals surface area (Å²) in [5.74, 6) is 0.631. The highest BCUT2D eigenvalue weighted by Crippen LogP contribution is 2.31. The van der Waals surface area contributed by atoms with Crippen molar-refractivity contribution in [3.63, 3.8) is 0 Å². The molecule has 0 radical (unpaired) electrons. The largest absolute Gasteiger partial charge is 0.494 e. The van der Waals surface area contributed by atoms with E-state index in [2.05, 4.69) is 5.32 Å². The maximum absolute atomic E-state index is 11.2. The monoisotopic (exact) mass is 299 g/mol. The average Bonchev–Trinajstić information content (AvgIpc) is 2.48. The van der Waals surface area contributed by atoms with E-state index in [1.165, 1.54) is 6.92 Å². The number of carbonyl (C=O) groups is 1. The second kappa shape index (κ2) is 6.62. The normalized spacial score (nSPS) is 13.3. The first kappa shape index (κ1) is 16.0. The fourth-order valence-electron chi connectivity index (χ4n) is 2.31. The number of carbonyl (C=O) groups excluding carboxylic acids is 1. The Kier molecular flexibility index (Phi) is 4.83. The minimum absolute atomic E-state index is 0.141. The molecule has 0 saturated carbocycles. The van der Waals surface area contributed by atoms with Crippen molar-refractivity contribution in [1.29, 1.82) is 0 Å². The molecule has 0 bridgehead atoms. The van der Waals surface area contributed by atoms with Gasteiger partial charge in [-0.2, -0.15) is 0 Å². The van der Waals surface area contributed by atoms with Gasteiger partial charge >= 0.3 is 0 Å². The standard InChI is InChI=1S/C18H21NO3/c1-4-22-17-10-8-14(9-11-17)18(3,21)15-6-5-7-16(12-15)19-13(2)20/h5-12,21H,4H2,1-3H3,(H,19,20). The number of benzene rings is 2. The van der Waals surface area contributed by atoms with Crippen LogP contribution in [0.15, 0.2) is 48.5 Å². The lowest BCUT2D eigenvalue weighted by Gasteiger charge is -2.25. The van der Waals surface area contributed by atoms with E-state index in [4.69, 9.17) is 4.74 Å². The fraction of sp³-hybridized carbons (Fsp3) is 0.278. The van der Waals surface area contributed by atoms with Crippen LogP contribution >= 0.6 is 0 Å². The molecule has 0 aliphatic carbocycles. The number of hydrogen-bond acceptors (Lipinski definition) is 3. The quantitative estimate of drug-likeness (QED) is 0.890. The van der Waals surface area contributed by atoms with Gasteiger partial charge in [-0.15, -0.1) is 0 Å². The Morgan fingerprint density at radius 3 is 2.45 bits per heavy atom. The van der Waals surface area contributed by atoms with E-state index in [1.807, 2.05) is 43.3 Å². The van der Waals surface area contributed by atoms with Crippen molar-refractivity contribution in [3.05, 3.63) is 59.7 Å². The second-order valence-electron chi connectivity index (χ2n) is 5.29. The molecule has 2 aromatic rings. The van der Waals surface area contributed by atoms with Crippen LogP contribution in [-0.2, 0) is 10.4 Å². The zero-order chi connectivity index (χ0) is 16.2. The predicted molar refractivity (Wildman–Crippen MR) is 87.0 cm³/mol. The third-order valence-corrected chi connectivity index (χ3v) is 3.47. The lowest BCUT2D eigenvalue weighted by molar-refractivity contribution is -0.114. The Hall–Kier alpha value is -2.33. The van der Waals surface area contributed by atoms with E-state index in [1.54, 1.807) is 19.1 Å². The molecule has 0 aliphatic rings. The van der Waals surface area contributed by atoms with Crippen LogP contribution in [0.4, 0.5) is 5.69 Å². The van der Waals surface area contributed by atoms with Gasteiger partial charge in [0.15, 0.2) is 0 Å². The van der Waals surface area contributed by atoms with Gasteiger partial charge in [-0.25, -0.2) is 0 Å². The summed E-state index contributed by atoms with van der Waals surface area (Å²) in [6.45, 7) is 5.72. The Morgan fingerprint density at radius 1 is 1.18 bits per heavy atom. The third kappa shape index (κ3) is 3.65. The molecule has 0 spiro atoms. The molecule has 0 aliphatic heterocycles. The highest BCUT2D eigenvalue weighted by atomic mass is 16.5. The van der Waals surface area contributed by atoms with E-state index in [0.29, 0.717) is 17.9 Å². The van der Waals surface area contributed by atoms with Crippen LogP contribution < -0.4 is 10.1 Å². The summed E-state index contributed by atoms with van der Waals surface area (Å²) in [5, 5.41) is 13.6. The summed E-state index contributed by atoms with van der Waals surface area (Å²) in [5.41, 5.74) is 0.981. The van der Waals surface area contributed by atoms with Crippen molar-refractivity contribution in [2.24, 2.45) is 0 Å². The minimum Gasteiger partial charge on any atom is -0.494 e. The van der Waals surface area contributed by atoms with E-state index >= 15 is 0 Å². The highest BCUT2D eigenvalue weighted by Gasteiger charge is 2.25. The second-order valence-corrected chi connectivity index (χ2v) is 5.29. The average molecular weight is 299 g/mol. The molecule has 1 amide bonds. The SMILES string of the molecule is CCOc1ccc(C(C)(O)c2cccc(NC(C)=O)c2)cc1. The van der Waals surface area contributed by atoms with Crippen molar-refractivity contribution in [1.82, 2.24) is 0 Å². The molecule has 0 aromatic heterocycles. The first-order valence-electron chi connectivity index (χ1n) is 7.27. The molecule has 2 aromatic carbocycles. The molecular formula is C18H21NO3. The molecule has 0 saturated heterocycles. The van der Waals surface area contributed by atoms with Crippen molar-refractivity contribution in [2.75, 3.05) is 11.9 Å². The van der Waals surface area contributed by atoms with Crippen LogP contribution in [0.5, 0.6) is 5.75 Å². The van der Waals surface area contributed by atoms with Gasteiger partial charge in [0.25, 0.3) is 0 Å². The van der Waals surface area contributed by atoms with E-state index in [-0.39, 0.29) is 5.91 Å². The first-order chi connectivity index (χ1) is 10.4. The van der Waals surface area contributed by atoms with Gasteiger partial charge in [-0.3, -0.25) is 4.79 Å². The number of amides is 1. The number of hydrogen-bond donors (Lipinski definition) is 2. The predicted octanol–water partition coefficient (Wildman–Crippen LogP) is 3.30. The van der Waals surface area contributed by atoms with Crippen LogP contribution in [0.1, 0.15) is 31.9 Å². The van der Waals surface area contributed by atoms with Crippen molar-refractivity contribution in [2.45, 2.75) is 26.4 Å². The zero-order valence-electron chi connectivity index (χ0n) is 13.1. The Morgan fingerprint density at radius 2 is 1.86 bits per heavy atom. The topological polar surface area (TPSA) is 58.6 Å². The number of aliphatic hydroxyl groups is 1.